The second-order valence-corrected chi connectivity index (χ2v) is 9.69. The van der Waals surface area contributed by atoms with Gasteiger partial charge in [-0.3, -0.25) is 9.78 Å². The average molecular weight is 630 g/mol. The third-order valence-corrected chi connectivity index (χ3v) is 6.39. The fourth-order valence-electron chi connectivity index (χ4n) is 4.29. The number of aryl methyl sites for hydroxylation is 2. The summed E-state index contributed by atoms with van der Waals surface area (Å²) < 4.78 is 118. The molecule has 2 N–H and O–H groups in total. The van der Waals surface area contributed by atoms with Gasteiger partial charge >= 0.3 is 12.8 Å². The molecule has 0 fully saturated rings. The Morgan fingerprint density at radius 1 is 1.02 bits per heavy atom. The Hall–Kier alpha value is -4.53. The van der Waals surface area contributed by atoms with E-state index in [2.05, 4.69) is 14.7 Å². The van der Waals surface area contributed by atoms with Gasteiger partial charge in [-0.05, 0) is 73.5 Å². The van der Waals surface area contributed by atoms with Crippen molar-refractivity contribution in [3.63, 3.8) is 0 Å². The minimum atomic E-state index is -5.46. The van der Waals surface area contributed by atoms with Gasteiger partial charge in [0.2, 0.25) is 5.60 Å². The largest absolute Gasteiger partial charge is 0.485 e. The molecular formula is C29H23F8N3O4. The molecule has 4 rings (SSSR count). The molecular weight excluding hydrogens is 606 g/mol. The Kier molecular flexibility index (Phi) is 9.27. The monoisotopic (exact) mass is 629 g/mol. The van der Waals surface area contributed by atoms with Crippen molar-refractivity contribution in [3.8, 4) is 22.8 Å². The van der Waals surface area contributed by atoms with E-state index < -0.39 is 66.8 Å². The van der Waals surface area contributed by atoms with Crippen molar-refractivity contribution in [2.75, 3.05) is 13.2 Å². The number of hydrogen-bond acceptors (Lipinski definition) is 6. The van der Waals surface area contributed by atoms with E-state index in [1.807, 2.05) is 5.32 Å². The molecule has 2 aromatic heterocycles. The Balaban J connectivity index is 1.74. The van der Waals surface area contributed by atoms with Gasteiger partial charge < -0.3 is 19.9 Å². The van der Waals surface area contributed by atoms with Gasteiger partial charge in [0.05, 0.1) is 12.2 Å². The summed E-state index contributed by atoms with van der Waals surface area (Å²) in [6.07, 6.45) is -7.04. The molecule has 0 aliphatic heterocycles. The van der Waals surface area contributed by atoms with Gasteiger partial charge in [-0.15, -0.1) is 0 Å². The molecule has 1 amide bonds. The zero-order valence-electron chi connectivity index (χ0n) is 22.9. The normalized spacial score (nSPS) is 13.3. The van der Waals surface area contributed by atoms with Gasteiger partial charge in [0.15, 0.2) is 5.75 Å². The smallest absolute Gasteiger partial charge is 0.424 e. The third-order valence-electron chi connectivity index (χ3n) is 6.39. The van der Waals surface area contributed by atoms with Gasteiger partial charge in [0.25, 0.3) is 12.3 Å². The minimum Gasteiger partial charge on any atom is -0.485 e. The fraction of sp³-hybridized carbons (Fsp3) is 0.276. The molecule has 0 unspecified atom stereocenters. The van der Waals surface area contributed by atoms with E-state index in [0.717, 1.165) is 36.4 Å². The number of pyridine rings is 2. The lowest BCUT2D eigenvalue weighted by molar-refractivity contribution is -0.265. The van der Waals surface area contributed by atoms with Crippen molar-refractivity contribution >= 4 is 16.8 Å². The summed E-state index contributed by atoms with van der Waals surface area (Å²) in [5, 5.41) is 13.1. The predicted molar refractivity (Wildman–Crippen MR) is 141 cm³/mol. The second kappa shape index (κ2) is 12.6. The third kappa shape index (κ3) is 6.98. The highest BCUT2D eigenvalue weighted by atomic mass is 19.4. The van der Waals surface area contributed by atoms with Crippen molar-refractivity contribution in [1.29, 1.82) is 0 Å². The van der Waals surface area contributed by atoms with E-state index >= 15 is 0 Å². The molecule has 0 radical (unpaired) electrons. The summed E-state index contributed by atoms with van der Waals surface area (Å²) in [5.74, 6) is -2.73. The first-order valence-corrected chi connectivity index (χ1v) is 12.7. The number of halogens is 8. The highest BCUT2D eigenvalue weighted by Gasteiger charge is 2.56. The zero-order valence-corrected chi connectivity index (χ0v) is 22.9. The second-order valence-electron chi connectivity index (χ2n) is 9.69. The van der Waals surface area contributed by atoms with Crippen molar-refractivity contribution in [1.82, 2.24) is 15.3 Å². The number of aromatic nitrogens is 2. The fourth-order valence-corrected chi connectivity index (χ4v) is 4.29. The first-order chi connectivity index (χ1) is 20.6. The quantitative estimate of drug-likeness (QED) is 0.195. The van der Waals surface area contributed by atoms with Gasteiger partial charge in [-0.25, -0.2) is 18.2 Å². The molecule has 1 atom stereocenters. The zero-order chi connectivity index (χ0) is 32.4. The highest BCUT2D eigenvalue weighted by Crippen LogP contribution is 2.42. The van der Waals surface area contributed by atoms with Crippen LogP contribution in [0.25, 0.3) is 22.2 Å². The predicted octanol–water partition coefficient (Wildman–Crippen LogP) is 6.48. The van der Waals surface area contributed by atoms with Crippen LogP contribution in [-0.4, -0.2) is 53.3 Å². The molecule has 234 valence electrons. The number of hydrogen-bond donors (Lipinski definition) is 2. The number of ether oxygens (including phenoxy) is 2. The van der Waals surface area contributed by atoms with E-state index in [0.29, 0.717) is 5.56 Å². The van der Waals surface area contributed by atoms with Crippen LogP contribution in [0.3, 0.4) is 0 Å². The first kappa shape index (κ1) is 32.4. The average Bonchev–Trinajstić information content (AvgIpc) is 2.93. The van der Waals surface area contributed by atoms with E-state index in [-0.39, 0.29) is 33.3 Å². The van der Waals surface area contributed by atoms with E-state index in [9.17, 15) is 45.0 Å². The maximum Gasteiger partial charge on any atom is 0.424 e. The van der Waals surface area contributed by atoms with Crippen molar-refractivity contribution in [2.45, 2.75) is 38.7 Å². The SMILES string of the molecule is Cc1cnc2c(OC(F)F)cc(C(=O)NC[C@](O)(c3cc(C)c(OCC(F)F)c(-c4ccc(F)cc4)n3)C(F)(F)F)cc2c1. The number of alkyl halides is 7. The summed E-state index contributed by atoms with van der Waals surface area (Å²) in [5.41, 5.74) is -5.24. The number of aliphatic hydroxyl groups is 1. The molecule has 15 heteroatoms. The van der Waals surface area contributed by atoms with Crippen LogP contribution in [0.2, 0.25) is 0 Å². The molecule has 2 aromatic carbocycles. The van der Waals surface area contributed by atoms with Crippen LogP contribution in [-0.2, 0) is 5.60 Å². The van der Waals surface area contributed by atoms with Crippen LogP contribution in [0.5, 0.6) is 11.5 Å². The summed E-state index contributed by atoms with van der Waals surface area (Å²) in [7, 11) is 0. The van der Waals surface area contributed by atoms with Crippen molar-refractivity contribution in [3.05, 3.63) is 82.9 Å². The van der Waals surface area contributed by atoms with E-state index in [1.165, 1.54) is 25.3 Å². The summed E-state index contributed by atoms with van der Waals surface area (Å²) in [4.78, 5) is 20.9. The minimum absolute atomic E-state index is 0.0131. The molecule has 44 heavy (non-hydrogen) atoms. The van der Waals surface area contributed by atoms with Crippen LogP contribution in [0, 0.1) is 19.7 Å². The number of carbonyl (C=O) groups excluding carboxylic acids is 1. The van der Waals surface area contributed by atoms with Gasteiger partial charge in [0, 0.05) is 22.7 Å². The Morgan fingerprint density at radius 2 is 1.70 bits per heavy atom. The Morgan fingerprint density at radius 3 is 2.32 bits per heavy atom. The lowest BCUT2D eigenvalue weighted by Gasteiger charge is -2.31. The van der Waals surface area contributed by atoms with Crippen LogP contribution in [0.4, 0.5) is 35.1 Å². The molecule has 2 heterocycles. The summed E-state index contributed by atoms with van der Waals surface area (Å²) in [6.45, 7) is -3.07. The Bertz CT molecular complexity index is 1670. The van der Waals surface area contributed by atoms with Crippen molar-refractivity contribution in [2.24, 2.45) is 0 Å². The molecule has 4 aromatic rings. The molecule has 0 aliphatic rings. The summed E-state index contributed by atoms with van der Waals surface area (Å²) in [6, 6.07) is 8.47. The molecule has 0 aliphatic carbocycles. The topological polar surface area (TPSA) is 93.6 Å². The lowest BCUT2D eigenvalue weighted by Crippen LogP contribution is -2.51. The molecule has 7 nitrogen and oxygen atoms in total. The number of nitrogens with one attached hydrogen (secondary N) is 1. The maximum absolute atomic E-state index is 14.4. The molecule has 0 bridgehead atoms. The van der Waals surface area contributed by atoms with E-state index in [1.54, 1.807) is 6.92 Å². The first-order valence-electron chi connectivity index (χ1n) is 12.7. The molecule has 0 spiro atoms. The summed E-state index contributed by atoms with van der Waals surface area (Å²) >= 11 is 0. The number of nitrogens with zero attached hydrogens (tertiary/aromatic N) is 2. The number of fused-ring (bicyclic) bond motifs is 1. The maximum atomic E-state index is 14.4. The van der Waals surface area contributed by atoms with Crippen LogP contribution in [0.15, 0.2) is 54.7 Å². The van der Waals surface area contributed by atoms with Crippen LogP contribution < -0.4 is 14.8 Å². The lowest BCUT2D eigenvalue weighted by atomic mass is 9.94. The number of benzene rings is 2. The van der Waals surface area contributed by atoms with Gasteiger partial charge in [-0.2, -0.15) is 22.0 Å². The van der Waals surface area contributed by atoms with E-state index in [4.69, 9.17) is 4.74 Å². The Labute approximate surface area is 244 Å². The van der Waals surface area contributed by atoms with Crippen molar-refractivity contribution < 1.29 is 54.5 Å². The number of rotatable bonds is 10. The highest BCUT2D eigenvalue weighted by molar-refractivity contribution is 6.00. The molecule has 0 saturated heterocycles. The van der Waals surface area contributed by atoms with Crippen LogP contribution >= 0.6 is 0 Å². The van der Waals surface area contributed by atoms with Crippen LogP contribution in [0.1, 0.15) is 27.2 Å². The standard InChI is InChI=1S/C29H23F8N3O4/c1-14-7-17-9-18(10-20(44-27(33)34)23(17)38-11-14)26(41)39-13-28(42,29(35,36)37)21-8-15(2)25(43-12-22(31)32)24(40-21)16-3-5-19(30)6-4-16/h3-11,22,27,42H,12-13H2,1-2H3,(H,39,41)/t28-/m0/s1. The number of amides is 1. The van der Waals surface area contributed by atoms with Gasteiger partial charge in [-0.1, -0.05) is 0 Å². The molecule has 0 saturated carbocycles. The van der Waals surface area contributed by atoms with Gasteiger partial charge in [0.1, 0.15) is 29.4 Å². The number of carbonyl (C=O) groups is 1.